The first-order valence-electron chi connectivity index (χ1n) is 6.35. The lowest BCUT2D eigenvalue weighted by Crippen LogP contribution is -2.26. The molecular weight excluding hydrogens is 194 g/mol. The van der Waals surface area contributed by atoms with Crippen molar-refractivity contribution in [1.29, 1.82) is 0 Å². The minimum atomic E-state index is 0.324. The lowest BCUT2D eigenvalue weighted by molar-refractivity contribution is 0.464. The molecule has 0 spiro atoms. The molecule has 16 heavy (non-hydrogen) atoms. The quantitative estimate of drug-likeness (QED) is 0.802. The maximum Gasteiger partial charge on any atom is 0.00650 e. The highest BCUT2D eigenvalue weighted by molar-refractivity contribution is 5.24. The zero-order valence-corrected chi connectivity index (χ0v) is 11.0. The summed E-state index contributed by atoms with van der Waals surface area (Å²) in [7, 11) is 0. The standard InChI is InChI=1S/C15H25N/c1-11(2)14-8-5-13(6-9-14)7-10-15(16)12(3)4/h5-6,8-9,11-12,15H,7,10,16H2,1-4H3. The molecule has 1 unspecified atom stereocenters. The van der Waals surface area contributed by atoms with Gasteiger partial charge in [-0.05, 0) is 35.8 Å². The molecule has 0 saturated carbocycles. The Morgan fingerprint density at radius 1 is 1.00 bits per heavy atom. The van der Waals surface area contributed by atoms with Crippen molar-refractivity contribution in [3.63, 3.8) is 0 Å². The van der Waals surface area contributed by atoms with E-state index in [-0.39, 0.29) is 0 Å². The van der Waals surface area contributed by atoms with Crippen LogP contribution in [0.5, 0.6) is 0 Å². The molecular formula is C15H25N. The zero-order chi connectivity index (χ0) is 12.1. The summed E-state index contributed by atoms with van der Waals surface area (Å²) in [5.74, 6) is 1.20. The monoisotopic (exact) mass is 219 g/mol. The maximum absolute atomic E-state index is 6.04. The Bertz CT molecular complexity index is 298. The molecule has 0 aliphatic rings. The molecule has 0 aliphatic carbocycles. The Kier molecular flexibility index (Phi) is 5.01. The van der Waals surface area contributed by atoms with Crippen molar-refractivity contribution in [2.75, 3.05) is 0 Å². The molecule has 1 nitrogen and oxygen atoms in total. The normalized spacial score (nSPS) is 13.4. The molecule has 90 valence electrons. The van der Waals surface area contributed by atoms with Crippen LogP contribution in [0, 0.1) is 5.92 Å². The molecule has 0 aromatic heterocycles. The van der Waals surface area contributed by atoms with Crippen LogP contribution in [0.25, 0.3) is 0 Å². The Labute approximate surface area is 100 Å². The van der Waals surface area contributed by atoms with Gasteiger partial charge in [-0.1, -0.05) is 52.0 Å². The van der Waals surface area contributed by atoms with Gasteiger partial charge in [0.2, 0.25) is 0 Å². The highest BCUT2D eigenvalue weighted by Crippen LogP contribution is 2.16. The average molecular weight is 219 g/mol. The minimum Gasteiger partial charge on any atom is -0.327 e. The lowest BCUT2D eigenvalue weighted by Gasteiger charge is -2.15. The van der Waals surface area contributed by atoms with Gasteiger partial charge in [0.25, 0.3) is 0 Å². The summed E-state index contributed by atoms with van der Waals surface area (Å²) in [6.45, 7) is 8.83. The summed E-state index contributed by atoms with van der Waals surface area (Å²) in [6, 6.07) is 9.27. The van der Waals surface area contributed by atoms with Crippen LogP contribution < -0.4 is 5.73 Å². The number of rotatable bonds is 5. The van der Waals surface area contributed by atoms with Crippen LogP contribution in [0.3, 0.4) is 0 Å². The van der Waals surface area contributed by atoms with Crippen molar-refractivity contribution in [1.82, 2.24) is 0 Å². The summed E-state index contributed by atoms with van der Waals surface area (Å²) >= 11 is 0. The number of aryl methyl sites for hydroxylation is 1. The van der Waals surface area contributed by atoms with Crippen LogP contribution >= 0.6 is 0 Å². The van der Waals surface area contributed by atoms with E-state index in [1.165, 1.54) is 11.1 Å². The van der Waals surface area contributed by atoms with Gasteiger partial charge in [-0.3, -0.25) is 0 Å². The lowest BCUT2D eigenvalue weighted by atomic mass is 9.96. The van der Waals surface area contributed by atoms with E-state index in [4.69, 9.17) is 5.73 Å². The Morgan fingerprint density at radius 3 is 2.00 bits per heavy atom. The van der Waals surface area contributed by atoms with Crippen LogP contribution in [0.1, 0.15) is 51.2 Å². The number of hydrogen-bond acceptors (Lipinski definition) is 1. The molecule has 1 rings (SSSR count). The fraction of sp³-hybridized carbons (Fsp3) is 0.600. The van der Waals surface area contributed by atoms with E-state index in [1.54, 1.807) is 0 Å². The summed E-state index contributed by atoms with van der Waals surface area (Å²) < 4.78 is 0. The van der Waals surface area contributed by atoms with Crippen LogP contribution in [-0.2, 0) is 6.42 Å². The van der Waals surface area contributed by atoms with Crippen molar-refractivity contribution in [2.24, 2.45) is 11.7 Å². The molecule has 1 heteroatoms. The molecule has 0 saturated heterocycles. The fourth-order valence-electron chi connectivity index (χ4n) is 1.74. The molecule has 1 aromatic carbocycles. The minimum absolute atomic E-state index is 0.324. The van der Waals surface area contributed by atoms with Crippen molar-refractivity contribution in [3.8, 4) is 0 Å². The van der Waals surface area contributed by atoms with Crippen LogP contribution in [-0.4, -0.2) is 6.04 Å². The number of nitrogens with two attached hydrogens (primary N) is 1. The Balaban J connectivity index is 2.49. The second-order valence-corrected chi connectivity index (χ2v) is 5.34. The first-order chi connectivity index (χ1) is 7.50. The summed E-state index contributed by atoms with van der Waals surface area (Å²) in [5.41, 5.74) is 8.86. The molecule has 0 bridgehead atoms. The highest BCUT2D eigenvalue weighted by atomic mass is 14.6. The molecule has 0 fully saturated rings. The smallest absolute Gasteiger partial charge is 0.00650 e. The SMILES string of the molecule is CC(C)c1ccc(CCC(N)C(C)C)cc1. The predicted molar refractivity (Wildman–Crippen MR) is 71.7 cm³/mol. The first-order valence-corrected chi connectivity index (χ1v) is 6.35. The van der Waals surface area contributed by atoms with Gasteiger partial charge in [0.05, 0.1) is 0 Å². The van der Waals surface area contributed by atoms with Gasteiger partial charge in [-0.15, -0.1) is 0 Å². The fourth-order valence-corrected chi connectivity index (χ4v) is 1.74. The molecule has 1 aromatic rings. The first kappa shape index (κ1) is 13.2. The Morgan fingerprint density at radius 2 is 1.56 bits per heavy atom. The van der Waals surface area contributed by atoms with Crippen LogP contribution in [0.4, 0.5) is 0 Å². The Hall–Kier alpha value is -0.820. The topological polar surface area (TPSA) is 26.0 Å². The van der Waals surface area contributed by atoms with Crippen molar-refractivity contribution in [3.05, 3.63) is 35.4 Å². The van der Waals surface area contributed by atoms with Gasteiger partial charge in [-0.2, -0.15) is 0 Å². The van der Waals surface area contributed by atoms with E-state index in [0.717, 1.165) is 12.8 Å². The third-order valence-corrected chi connectivity index (χ3v) is 3.27. The molecule has 0 aliphatic heterocycles. The third kappa shape index (κ3) is 3.97. The number of hydrogen-bond donors (Lipinski definition) is 1. The van der Waals surface area contributed by atoms with E-state index in [0.29, 0.717) is 17.9 Å². The van der Waals surface area contributed by atoms with E-state index in [1.807, 2.05) is 0 Å². The van der Waals surface area contributed by atoms with E-state index in [2.05, 4.69) is 52.0 Å². The zero-order valence-electron chi connectivity index (χ0n) is 11.0. The summed E-state index contributed by atoms with van der Waals surface area (Å²) in [5, 5.41) is 0. The van der Waals surface area contributed by atoms with Gasteiger partial charge in [0.1, 0.15) is 0 Å². The second kappa shape index (κ2) is 6.05. The molecule has 0 heterocycles. The van der Waals surface area contributed by atoms with Crippen LogP contribution in [0.2, 0.25) is 0 Å². The maximum atomic E-state index is 6.04. The largest absolute Gasteiger partial charge is 0.327 e. The van der Waals surface area contributed by atoms with Crippen molar-refractivity contribution >= 4 is 0 Å². The van der Waals surface area contributed by atoms with Gasteiger partial charge in [0, 0.05) is 6.04 Å². The van der Waals surface area contributed by atoms with E-state index in [9.17, 15) is 0 Å². The molecule has 1 atom stereocenters. The summed E-state index contributed by atoms with van der Waals surface area (Å²) in [6.07, 6.45) is 2.18. The number of benzene rings is 1. The average Bonchev–Trinajstić information content (AvgIpc) is 2.26. The predicted octanol–water partition coefficient (Wildman–Crippen LogP) is 3.73. The van der Waals surface area contributed by atoms with Gasteiger partial charge in [0.15, 0.2) is 0 Å². The van der Waals surface area contributed by atoms with E-state index < -0.39 is 0 Å². The van der Waals surface area contributed by atoms with Gasteiger partial charge in [-0.25, -0.2) is 0 Å². The van der Waals surface area contributed by atoms with Gasteiger partial charge >= 0.3 is 0 Å². The van der Waals surface area contributed by atoms with Crippen molar-refractivity contribution in [2.45, 2.75) is 52.5 Å². The van der Waals surface area contributed by atoms with Crippen molar-refractivity contribution < 1.29 is 0 Å². The second-order valence-electron chi connectivity index (χ2n) is 5.34. The van der Waals surface area contributed by atoms with E-state index >= 15 is 0 Å². The molecule has 2 N–H and O–H groups in total. The molecule has 0 radical (unpaired) electrons. The highest BCUT2D eigenvalue weighted by Gasteiger charge is 2.07. The van der Waals surface area contributed by atoms with Crippen LogP contribution in [0.15, 0.2) is 24.3 Å². The van der Waals surface area contributed by atoms with Gasteiger partial charge < -0.3 is 5.73 Å². The molecule has 0 amide bonds. The summed E-state index contributed by atoms with van der Waals surface area (Å²) in [4.78, 5) is 0. The third-order valence-electron chi connectivity index (χ3n) is 3.27.